The second-order valence-corrected chi connectivity index (χ2v) is 5.12. The van der Waals surface area contributed by atoms with Gasteiger partial charge in [-0.25, -0.2) is 4.39 Å². The lowest BCUT2D eigenvalue weighted by molar-refractivity contribution is -0.118. The van der Waals surface area contributed by atoms with E-state index in [2.05, 4.69) is 15.1 Å². The molecule has 20 heavy (non-hydrogen) atoms. The summed E-state index contributed by atoms with van der Waals surface area (Å²) in [6.07, 6.45) is 0.958. The fourth-order valence-electron chi connectivity index (χ4n) is 2.49. The van der Waals surface area contributed by atoms with Crippen molar-refractivity contribution in [1.29, 1.82) is 0 Å². The smallest absolute Gasteiger partial charge is 0.216 e. The summed E-state index contributed by atoms with van der Waals surface area (Å²) in [7, 11) is 0. The topological polar surface area (TPSA) is 35.6 Å². The van der Waals surface area contributed by atoms with E-state index in [4.69, 9.17) is 0 Å². The summed E-state index contributed by atoms with van der Waals surface area (Å²) < 4.78 is 13.7. The van der Waals surface area contributed by atoms with E-state index >= 15 is 0 Å². The van der Waals surface area contributed by atoms with E-state index < -0.39 is 0 Å². The Hall–Kier alpha value is -1.62. The van der Waals surface area contributed by atoms with Crippen molar-refractivity contribution in [2.45, 2.75) is 13.3 Å². The number of halogens is 1. The monoisotopic (exact) mass is 279 g/mol. The van der Waals surface area contributed by atoms with E-state index in [0.29, 0.717) is 5.69 Å². The maximum atomic E-state index is 13.7. The van der Waals surface area contributed by atoms with Crippen molar-refractivity contribution >= 4 is 11.6 Å². The Morgan fingerprint density at radius 2 is 1.95 bits per heavy atom. The van der Waals surface area contributed by atoms with Crippen molar-refractivity contribution in [2.75, 3.05) is 44.2 Å². The normalized spacial score (nSPS) is 16.2. The predicted molar refractivity (Wildman–Crippen MR) is 78.4 cm³/mol. The van der Waals surface area contributed by atoms with Gasteiger partial charge >= 0.3 is 0 Å². The summed E-state index contributed by atoms with van der Waals surface area (Å²) >= 11 is 0. The van der Waals surface area contributed by atoms with E-state index in [1.165, 1.54) is 13.0 Å². The molecule has 1 fully saturated rings. The molecule has 0 aliphatic carbocycles. The molecule has 1 aliphatic rings. The van der Waals surface area contributed by atoms with Gasteiger partial charge in [-0.3, -0.25) is 9.69 Å². The second kappa shape index (κ2) is 7.24. The average Bonchev–Trinajstić information content (AvgIpc) is 2.45. The first kappa shape index (κ1) is 14.8. The number of anilines is 1. The molecule has 0 aromatic heterocycles. The van der Waals surface area contributed by atoms with E-state index in [1.54, 1.807) is 6.07 Å². The van der Waals surface area contributed by atoms with Crippen LogP contribution in [0.4, 0.5) is 10.1 Å². The molecule has 0 unspecified atom stereocenters. The Morgan fingerprint density at radius 3 is 2.60 bits per heavy atom. The van der Waals surface area contributed by atoms with Gasteiger partial charge in [-0.05, 0) is 25.1 Å². The molecule has 0 bridgehead atoms. The first-order valence-electron chi connectivity index (χ1n) is 7.13. The molecule has 0 saturated carbocycles. The van der Waals surface area contributed by atoms with Crippen LogP contribution in [0.5, 0.6) is 0 Å². The first-order valence-corrected chi connectivity index (χ1v) is 7.13. The van der Waals surface area contributed by atoms with Gasteiger partial charge < -0.3 is 10.2 Å². The van der Waals surface area contributed by atoms with Crippen molar-refractivity contribution in [2.24, 2.45) is 0 Å². The van der Waals surface area contributed by atoms with Crippen LogP contribution in [0.2, 0.25) is 0 Å². The lowest BCUT2D eigenvalue weighted by Crippen LogP contribution is -2.47. The molecular formula is C15H22FN3O. The fraction of sp³-hybridized carbons (Fsp3) is 0.533. The van der Waals surface area contributed by atoms with Gasteiger partial charge in [0.05, 0.1) is 5.69 Å². The Balaban J connectivity index is 1.73. The molecule has 5 heteroatoms. The maximum Gasteiger partial charge on any atom is 0.216 e. The van der Waals surface area contributed by atoms with Gasteiger partial charge in [0, 0.05) is 39.6 Å². The highest BCUT2D eigenvalue weighted by molar-refractivity contribution is 5.72. The summed E-state index contributed by atoms with van der Waals surface area (Å²) in [4.78, 5) is 15.2. The molecule has 1 aliphatic heterocycles. The van der Waals surface area contributed by atoms with Crippen LogP contribution >= 0.6 is 0 Å². The number of para-hydroxylation sites is 1. The third-order valence-electron chi connectivity index (χ3n) is 3.59. The molecule has 4 nitrogen and oxygen atoms in total. The fourth-order valence-corrected chi connectivity index (χ4v) is 2.49. The van der Waals surface area contributed by atoms with Gasteiger partial charge in [0.25, 0.3) is 0 Å². The number of carbonyl (C=O) groups is 1. The summed E-state index contributed by atoms with van der Waals surface area (Å²) in [5.41, 5.74) is 0.699. The van der Waals surface area contributed by atoms with Crippen molar-refractivity contribution in [1.82, 2.24) is 10.2 Å². The van der Waals surface area contributed by atoms with Gasteiger partial charge in [0.2, 0.25) is 5.91 Å². The van der Waals surface area contributed by atoms with Gasteiger partial charge in [-0.1, -0.05) is 12.1 Å². The Bertz CT molecular complexity index is 444. The van der Waals surface area contributed by atoms with Crippen LogP contribution in [0.1, 0.15) is 13.3 Å². The molecule has 1 heterocycles. The number of rotatable bonds is 5. The van der Waals surface area contributed by atoms with Gasteiger partial charge in [-0.2, -0.15) is 0 Å². The zero-order valence-electron chi connectivity index (χ0n) is 11.9. The molecule has 1 saturated heterocycles. The lowest BCUT2D eigenvalue weighted by atomic mass is 10.2. The van der Waals surface area contributed by atoms with Crippen LogP contribution in [0, 0.1) is 5.82 Å². The highest BCUT2D eigenvalue weighted by Gasteiger charge is 2.18. The summed E-state index contributed by atoms with van der Waals surface area (Å²) in [6.45, 7) is 6.81. The van der Waals surface area contributed by atoms with E-state index in [1.807, 2.05) is 12.1 Å². The lowest BCUT2D eigenvalue weighted by Gasteiger charge is -2.36. The average molecular weight is 279 g/mol. The third kappa shape index (κ3) is 4.20. The maximum absolute atomic E-state index is 13.7. The molecule has 0 spiro atoms. The van der Waals surface area contributed by atoms with Gasteiger partial charge in [0.15, 0.2) is 0 Å². The van der Waals surface area contributed by atoms with Crippen LogP contribution in [0.25, 0.3) is 0 Å². The van der Waals surface area contributed by atoms with Crippen molar-refractivity contribution < 1.29 is 9.18 Å². The van der Waals surface area contributed by atoms with Gasteiger partial charge in [0.1, 0.15) is 5.82 Å². The Kier molecular flexibility index (Phi) is 5.35. The molecule has 110 valence electrons. The Labute approximate surface area is 119 Å². The number of nitrogens with zero attached hydrogens (tertiary/aromatic N) is 2. The van der Waals surface area contributed by atoms with Crippen LogP contribution in [-0.4, -0.2) is 50.1 Å². The van der Waals surface area contributed by atoms with E-state index in [9.17, 15) is 9.18 Å². The number of hydrogen-bond acceptors (Lipinski definition) is 3. The van der Waals surface area contributed by atoms with E-state index in [-0.39, 0.29) is 11.7 Å². The Morgan fingerprint density at radius 1 is 1.25 bits per heavy atom. The van der Waals surface area contributed by atoms with Crippen LogP contribution in [0.3, 0.4) is 0 Å². The number of hydrogen-bond donors (Lipinski definition) is 1. The summed E-state index contributed by atoms with van der Waals surface area (Å²) in [5.74, 6) is -0.124. The van der Waals surface area contributed by atoms with Crippen LogP contribution in [-0.2, 0) is 4.79 Å². The highest BCUT2D eigenvalue weighted by atomic mass is 19.1. The third-order valence-corrected chi connectivity index (χ3v) is 3.59. The minimum Gasteiger partial charge on any atom is -0.367 e. The molecule has 1 aromatic rings. The number of carbonyl (C=O) groups excluding carboxylic acids is 1. The van der Waals surface area contributed by atoms with Crippen LogP contribution < -0.4 is 10.2 Å². The minimum absolute atomic E-state index is 0.0226. The van der Waals surface area contributed by atoms with Crippen molar-refractivity contribution in [3.8, 4) is 0 Å². The zero-order chi connectivity index (χ0) is 14.4. The molecule has 1 N–H and O–H groups in total. The summed E-state index contributed by atoms with van der Waals surface area (Å²) in [5, 5.41) is 2.80. The van der Waals surface area contributed by atoms with E-state index in [0.717, 1.165) is 45.7 Å². The number of amides is 1. The van der Waals surface area contributed by atoms with Crippen molar-refractivity contribution in [3.63, 3.8) is 0 Å². The first-order chi connectivity index (χ1) is 9.66. The molecule has 2 rings (SSSR count). The SMILES string of the molecule is CC(=O)NCCCN1CCN(c2ccccc2F)CC1. The largest absolute Gasteiger partial charge is 0.367 e. The highest BCUT2D eigenvalue weighted by Crippen LogP contribution is 2.19. The predicted octanol–water partition coefficient (Wildman–Crippen LogP) is 1.47. The minimum atomic E-state index is -0.147. The van der Waals surface area contributed by atoms with Crippen LogP contribution in [0.15, 0.2) is 24.3 Å². The quantitative estimate of drug-likeness (QED) is 0.829. The standard InChI is InChI=1S/C15H22FN3O/c1-13(20)17-7-4-8-18-9-11-19(12-10-18)15-6-3-2-5-14(15)16/h2-3,5-6H,4,7-12H2,1H3,(H,17,20). The van der Waals surface area contributed by atoms with Crippen molar-refractivity contribution in [3.05, 3.63) is 30.1 Å². The number of nitrogens with one attached hydrogen (secondary N) is 1. The molecule has 0 radical (unpaired) electrons. The molecular weight excluding hydrogens is 257 g/mol. The number of benzene rings is 1. The zero-order valence-corrected chi connectivity index (χ0v) is 11.9. The van der Waals surface area contributed by atoms with Gasteiger partial charge in [-0.15, -0.1) is 0 Å². The second-order valence-electron chi connectivity index (χ2n) is 5.12. The number of piperazine rings is 1. The molecule has 1 amide bonds. The summed E-state index contributed by atoms with van der Waals surface area (Å²) in [6, 6.07) is 6.94. The molecule has 1 aromatic carbocycles. The molecule has 0 atom stereocenters.